The molecule has 0 aliphatic carbocycles. The third-order valence-corrected chi connectivity index (χ3v) is 11.3. The topological polar surface area (TPSA) is 0 Å². The molecule has 0 atom stereocenters. The Kier molecular flexibility index (Phi) is 18.5. The summed E-state index contributed by atoms with van der Waals surface area (Å²) in [4.78, 5) is 0. The van der Waals surface area contributed by atoms with Gasteiger partial charge in [0.25, 0.3) is 0 Å². The van der Waals surface area contributed by atoms with Crippen LogP contribution in [0.3, 0.4) is 0 Å². The van der Waals surface area contributed by atoms with Gasteiger partial charge in [0, 0.05) is 9.52 Å². The molecule has 0 nitrogen and oxygen atoms in total. The summed E-state index contributed by atoms with van der Waals surface area (Å²) in [7, 11) is 11.0. The van der Waals surface area contributed by atoms with Crippen molar-refractivity contribution in [1.29, 1.82) is 0 Å². The van der Waals surface area contributed by atoms with E-state index in [1.165, 1.54) is 88.3 Å². The zero-order valence-corrected chi connectivity index (χ0v) is 43.6. The van der Waals surface area contributed by atoms with Crippen LogP contribution in [0.5, 0.6) is 0 Å². The summed E-state index contributed by atoms with van der Waals surface area (Å²) in [6.45, 7) is 22.6. The second-order valence-electron chi connectivity index (χ2n) is 18.1. The molecule has 0 heterocycles. The molecule has 8 rings (SSSR count). The molecular formula is C58H64Cl2SiZr. The average Bonchev–Trinajstić information content (AvgIpc) is 3.92. The number of hydrogen-bond acceptors (Lipinski definition) is 0. The maximum atomic E-state index is 4.93. The molecule has 0 saturated carbocycles. The van der Waals surface area contributed by atoms with Crippen LogP contribution in [0.2, 0.25) is 13.1 Å². The van der Waals surface area contributed by atoms with Gasteiger partial charge in [-0.25, -0.2) is 0 Å². The van der Waals surface area contributed by atoms with E-state index in [0.717, 1.165) is 35.2 Å². The summed E-state index contributed by atoms with van der Waals surface area (Å²) in [5, 5.41) is 5.48. The molecule has 0 amide bonds. The quantitative estimate of drug-likeness (QED) is 0.105. The van der Waals surface area contributed by atoms with Crippen LogP contribution < -0.4 is 0 Å². The third-order valence-electron chi connectivity index (χ3n) is 11.3. The normalized spacial score (nSPS) is 11.2. The molecule has 0 fully saturated rings. The first-order valence-electron chi connectivity index (χ1n) is 22.1. The second kappa shape index (κ2) is 23.2. The van der Waals surface area contributed by atoms with Gasteiger partial charge in [-0.05, 0) is 57.1 Å². The van der Waals surface area contributed by atoms with Crippen LogP contribution in [0, 0.1) is 0 Å². The van der Waals surface area contributed by atoms with E-state index in [-0.39, 0.29) is 10.8 Å². The Bertz CT molecular complexity index is 2420. The molecule has 0 saturated heterocycles. The predicted molar refractivity (Wildman–Crippen MR) is 275 cm³/mol. The molecule has 2 radical (unpaired) electrons. The summed E-state index contributed by atoms with van der Waals surface area (Å²) < 4.78 is 0. The molecule has 62 heavy (non-hydrogen) atoms. The monoisotopic (exact) mass is 948 g/mol. The number of rotatable bonds is 8. The van der Waals surface area contributed by atoms with Crippen LogP contribution in [-0.4, -0.2) is 9.52 Å². The molecule has 0 unspecified atom stereocenters. The van der Waals surface area contributed by atoms with Crippen LogP contribution in [0.4, 0.5) is 0 Å². The van der Waals surface area contributed by atoms with Gasteiger partial charge < -0.3 is 0 Å². The van der Waals surface area contributed by atoms with E-state index < -0.39 is 20.8 Å². The summed E-state index contributed by atoms with van der Waals surface area (Å²) >= 11 is -0.826. The first-order valence-corrected chi connectivity index (χ1v) is 30.4. The van der Waals surface area contributed by atoms with Gasteiger partial charge in [-0.15, -0.1) is 69.1 Å². The third kappa shape index (κ3) is 12.3. The number of benzene rings is 6. The first kappa shape index (κ1) is 49.2. The van der Waals surface area contributed by atoms with Crippen molar-refractivity contribution in [1.82, 2.24) is 0 Å². The zero-order chi connectivity index (χ0) is 44.9. The van der Waals surface area contributed by atoms with Crippen molar-refractivity contribution in [3.05, 3.63) is 180 Å². The Hall–Kier alpha value is -3.78. The van der Waals surface area contributed by atoms with Gasteiger partial charge in [0.05, 0.1) is 0 Å². The number of fused-ring (bicyclic) bond motifs is 2. The first-order chi connectivity index (χ1) is 29.8. The molecule has 0 aromatic heterocycles. The van der Waals surface area contributed by atoms with Gasteiger partial charge in [-0.3, -0.25) is 0 Å². The minimum absolute atomic E-state index is 0.153. The molecule has 8 aromatic carbocycles. The standard InChI is InChI=1S/2C28H29.C2H6Si.2ClH.Zr/c2*1-5-11-21-16-17-22-18-23(28(2,3)4)19-26(22)27(21)25-15-10-9-14-24(25)20-12-7-6-8-13-20;1-3-2;;;/h2*6-10,12-19H,5,11H2,1-4H3;1-2H3;2*1H;/q2*-1;;;;+4/p-2. The Labute approximate surface area is 395 Å². The van der Waals surface area contributed by atoms with Crippen molar-refractivity contribution >= 4 is 48.1 Å². The van der Waals surface area contributed by atoms with Crippen molar-refractivity contribution in [3.8, 4) is 44.5 Å². The summed E-state index contributed by atoms with van der Waals surface area (Å²) in [6.07, 6.45) is 4.51. The number of hydrogen-bond donors (Lipinski definition) is 0. The van der Waals surface area contributed by atoms with E-state index >= 15 is 0 Å². The van der Waals surface area contributed by atoms with Crippen LogP contribution in [0.1, 0.15) is 90.5 Å². The van der Waals surface area contributed by atoms with Crippen LogP contribution in [0.15, 0.2) is 158 Å². The Morgan fingerprint density at radius 1 is 0.468 bits per heavy atom. The number of halogens is 2. The maximum absolute atomic E-state index is 4.93. The van der Waals surface area contributed by atoms with Gasteiger partial charge in [-0.1, -0.05) is 213 Å². The summed E-state index contributed by atoms with van der Waals surface area (Å²) in [5.41, 5.74) is 16.7. The molecule has 318 valence electrons. The molecule has 0 aliphatic heterocycles. The fourth-order valence-electron chi connectivity index (χ4n) is 8.25. The van der Waals surface area contributed by atoms with E-state index in [2.05, 4.69) is 226 Å². The fraction of sp³-hybridized carbons (Fsp3) is 0.276. The summed E-state index contributed by atoms with van der Waals surface area (Å²) in [5.74, 6) is 0. The van der Waals surface area contributed by atoms with Crippen molar-refractivity contribution < 1.29 is 20.8 Å². The van der Waals surface area contributed by atoms with Gasteiger partial charge in [-0.2, -0.15) is 12.1 Å². The fourth-order valence-corrected chi connectivity index (χ4v) is 8.25. The van der Waals surface area contributed by atoms with Gasteiger partial charge >= 0.3 is 37.9 Å². The van der Waals surface area contributed by atoms with Crippen molar-refractivity contribution in [2.24, 2.45) is 0 Å². The number of aryl methyl sites for hydroxylation is 2. The summed E-state index contributed by atoms with van der Waals surface area (Å²) in [6, 6.07) is 58.2. The van der Waals surface area contributed by atoms with Gasteiger partial charge in [0.2, 0.25) is 0 Å². The van der Waals surface area contributed by atoms with E-state index in [9.17, 15) is 0 Å². The Morgan fingerprint density at radius 3 is 1.08 bits per heavy atom. The molecular weight excluding hydrogens is 887 g/mol. The van der Waals surface area contributed by atoms with Crippen molar-refractivity contribution in [2.45, 2.75) is 105 Å². The van der Waals surface area contributed by atoms with E-state index in [1.807, 2.05) is 0 Å². The van der Waals surface area contributed by atoms with Crippen molar-refractivity contribution in [2.75, 3.05) is 0 Å². The molecule has 0 N–H and O–H groups in total. The molecule has 4 heteroatoms. The van der Waals surface area contributed by atoms with Gasteiger partial charge in [0.1, 0.15) is 0 Å². The molecule has 8 aromatic rings. The van der Waals surface area contributed by atoms with E-state index in [4.69, 9.17) is 17.0 Å². The average molecular weight is 951 g/mol. The van der Waals surface area contributed by atoms with Crippen molar-refractivity contribution in [3.63, 3.8) is 0 Å². The molecule has 0 bridgehead atoms. The van der Waals surface area contributed by atoms with E-state index in [1.54, 1.807) is 0 Å². The van der Waals surface area contributed by atoms with Gasteiger partial charge in [0.15, 0.2) is 0 Å². The van der Waals surface area contributed by atoms with E-state index in [0.29, 0.717) is 0 Å². The Morgan fingerprint density at radius 2 is 0.774 bits per heavy atom. The molecule has 0 spiro atoms. The zero-order valence-electron chi connectivity index (χ0n) is 38.6. The van der Waals surface area contributed by atoms with Crippen LogP contribution in [0.25, 0.3) is 66.1 Å². The molecule has 0 aliphatic rings. The SMILES string of the molecule is CCCc1ccc2[cH-]c(C(C)(C)C)cc2c1-c1ccccc1-c1ccccc1.CCCc1ccc2[cH-]c(C(C)(C)C)cc2c1-c1ccccc1-c1ccccc1.C[Si]C.[Cl][Zr+2][Cl]. The predicted octanol–water partition coefficient (Wildman–Crippen LogP) is 18.4. The second-order valence-corrected chi connectivity index (χ2v) is 22.8. The van der Waals surface area contributed by atoms with Crippen LogP contribution >= 0.6 is 17.0 Å². The minimum atomic E-state index is -0.826. The Balaban J connectivity index is 0.000000208. The van der Waals surface area contributed by atoms with Crippen LogP contribution in [-0.2, 0) is 44.5 Å².